The Bertz CT molecular complexity index is 276. The fraction of sp³-hybridized carbons (Fsp3) is 0.273. The lowest BCUT2D eigenvalue weighted by atomic mass is 10.1. The van der Waals surface area contributed by atoms with Crippen LogP contribution >= 0.6 is 22.6 Å². The van der Waals surface area contributed by atoms with E-state index in [1.54, 1.807) is 0 Å². The maximum absolute atomic E-state index is 3.77. The van der Waals surface area contributed by atoms with Crippen LogP contribution in [0.5, 0.6) is 0 Å². The first-order valence-corrected chi connectivity index (χ1v) is 5.26. The molecule has 64 valence electrons. The van der Waals surface area contributed by atoms with Gasteiger partial charge in [-0.15, -0.1) is 0 Å². The van der Waals surface area contributed by atoms with Gasteiger partial charge in [-0.3, -0.25) is 0 Å². The zero-order chi connectivity index (χ0) is 8.97. The van der Waals surface area contributed by atoms with Gasteiger partial charge in [-0.2, -0.15) is 0 Å². The van der Waals surface area contributed by atoms with Crippen molar-refractivity contribution in [1.29, 1.82) is 0 Å². The van der Waals surface area contributed by atoms with Crippen LogP contribution in [-0.2, 0) is 6.42 Å². The highest BCUT2D eigenvalue weighted by Gasteiger charge is 1.95. The Hall–Kier alpha value is -0.310. The van der Waals surface area contributed by atoms with E-state index in [2.05, 4.69) is 54.3 Å². The van der Waals surface area contributed by atoms with Crippen LogP contribution in [-0.4, -0.2) is 0 Å². The maximum atomic E-state index is 3.77. The van der Waals surface area contributed by atoms with Crippen LogP contribution in [0.25, 0.3) is 6.08 Å². The molecule has 0 saturated heterocycles. The Kier molecular flexibility index (Phi) is 3.79. The molecule has 0 fully saturated rings. The number of rotatable bonds is 3. The van der Waals surface area contributed by atoms with Crippen LogP contribution in [0.3, 0.4) is 0 Å². The predicted molar refractivity (Wildman–Crippen MR) is 63.2 cm³/mol. The third-order valence-electron chi connectivity index (χ3n) is 1.75. The molecule has 0 atom stereocenters. The third kappa shape index (κ3) is 2.63. The maximum Gasteiger partial charge on any atom is 0.0139 e. The number of halogens is 1. The van der Waals surface area contributed by atoms with E-state index >= 15 is 0 Å². The average molecular weight is 272 g/mol. The van der Waals surface area contributed by atoms with Gasteiger partial charge in [0.1, 0.15) is 0 Å². The van der Waals surface area contributed by atoms with E-state index in [0.717, 1.165) is 6.42 Å². The zero-order valence-corrected chi connectivity index (χ0v) is 9.47. The van der Waals surface area contributed by atoms with E-state index in [1.807, 2.05) is 6.08 Å². The lowest BCUT2D eigenvalue weighted by Gasteiger charge is -2.01. The van der Waals surface area contributed by atoms with Crippen molar-refractivity contribution in [2.45, 2.75) is 19.8 Å². The Balaban J connectivity index is 2.97. The van der Waals surface area contributed by atoms with Gasteiger partial charge in [-0.05, 0) is 52.3 Å². The SMILES string of the molecule is C=Cc1cc(I)cc(CCC)c1. The summed E-state index contributed by atoms with van der Waals surface area (Å²) in [5.41, 5.74) is 2.64. The summed E-state index contributed by atoms with van der Waals surface area (Å²) in [6.07, 6.45) is 4.27. The van der Waals surface area contributed by atoms with Crippen molar-refractivity contribution in [2.24, 2.45) is 0 Å². The molecule has 0 aliphatic rings. The largest absolute Gasteiger partial charge is 0.0985 e. The van der Waals surface area contributed by atoms with Crippen molar-refractivity contribution >= 4 is 28.7 Å². The third-order valence-corrected chi connectivity index (χ3v) is 2.38. The molecule has 0 unspecified atom stereocenters. The van der Waals surface area contributed by atoms with Gasteiger partial charge in [0.2, 0.25) is 0 Å². The summed E-state index contributed by atoms with van der Waals surface area (Å²) in [4.78, 5) is 0. The van der Waals surface area contributed by atoms with Crippen LogP contribution in [0.15, 0.2) is 24.8 Å². The van der Waals surface area contributed by atoms with Crippen molar-refractivity contribution in [3.63, 3.8) is 0 Å². The second kappa shape index (κ2) is 4.65. The van der Waals surface area contributed by atoms with Gasteiger partial charge in [0.25, 0.3) is 0 Å². The van der Waals surface area contributed by atoms with Gasteiger partial charge < -0.3 is 0 Å². The number of hydrogen-bond donors (Lipinski definition) is 0. The second-order valence-electron chi connectivity index (χ2n) is 2.85. The van der Waals surface area contributed by atoms with Crippen molar-refractivity contribution in [3.05, 3.63) is 39.5 Å². The molecule has 1 aromatic rings. The highest BCUT2D eigenvalue weighted by Crippen LogP contribution is 2.14. The molecular formula is C11H13I. The summed E-state index contributed by atoms with van der Waals surface area (Å²) in [5, 5.41) is 0. The van der Waals surface area contributed by atoms with Crippen molar-refractivity contribution < 1.29 is 0 Å². The monoisotopic (exact) mass is 272 g/mol. The van der Waals surface area contributed by atoms with E-state index in [0.29, 0.717) is 0 Å². The molecule has 0 amide bonds. The summed E-state index contributed by atoms with van der Waals surface area (Å²) in [5.74, 6) is 0. The molecule has 0 aliphatic heterocycles. The van der Waals surface area contributed by atoms with Gasteiger partial charge in [-0.1, -0.05) is 32.1 Å². The first-order chi connectivity index (χ1) is 5.76. The smallest absolute Gasteiger partial charge is 0.0139 e. The summed E-state index contributed by atoms with van der Waals surface area (Å²) in [6, 6.07) is 6.59. The van der Waals surface area contributed by atoms with Crippen LogP contribution in [0, 0.1) is 3.57 Å². The molecule has 0 aliphatic carbocycles. The Morgan fingerprint density at radius 2 is 2.17 bits per heavy atom. The minimum absolute atomic E-state index is 1.16. The first-order valence-electron chi connectivity index (χ1n) is 4.18. The Morgan fingerprint density at radius 3 is 2.75 bits per heavy atom. The predicted octanol–water partition coefficient (Wildman–Crippen LogP) is 3.89. The van der Waals surface area contributed by atoms with Crippen molar-refractivity contribution in [2.75, 3.05) is 0 Å². The molecule has 0 N–H and O–H groups in total. The molecule has 0 bridgehead atoms. The molecule has 0 aromatic heterocycles. The van der Waals surface area contributed by atoms with E-state index in [-0.39, 0.29) is 0 Å². The Labute approximate surface area is 87.8 Å². The van der Waals surface area contributed by atoms with Crippen molar-refractivity contribution in [3.8, 4) is 0 Å². The summed E-state index contributed by atoms with van der Waals surface area (Å²) >= 11 is 2.35. The fourth-order valence-electron chi connectivity index (χ4n) is 1.23. The van der Waals surface area contributed by atoms with Gasteiger partial charge in [0.05, 0.1) is 0 Å². The van der Waals surface area contributed by atoms with E-state index < -0.39 is 0 Å². The highest BCUT2D eigenvalue weighted by atomic mass is 127. The summed E-state index contributed by atoms with van der Waals surface area (Å²) in [7, 11) is 0. The molecule has 1 rings (SSSR count). The number of benzene rings is 1. The van der Waals surface area contributed by atoms with E-state index in [4.69, 9.17) is 0 Å². The van der Waals surface area contributed by atoms with Gasteiger partial charge in [0, 0.05) is 3.57 Å². The molecule has 0 nitrogen and oxygen atoms in total. The van der Waals surface area contributed by atoms with Crippen LogP contribution in [0.4, 0.5) is 0 Å². The lowest BCUT2D eigenvalue weighted by Crippen LogP contribution is -1.86. The zero-order valence-electron chi connectivity index (χ0n) is 7.31. The quantitative estimate of drug-likeness (QED) is 0.732. The van der Waals surface area contributed by atoms with Gasteiger partial charge in [-0.25, -0.2) is 0 Å². The minimum Gasteiger partial charge on any atom is -0.0985 e. The molecule has 1 heteroatoms. The highest BCUT2D eigenvalue weighted by molar-refractivity contribution is 14.1. The standard InChI is InChI=1S/C11H13I/c1-3-5-10-6-9(4-2)7-11(12)8-10/h4,6-8H,2-3,5H2,1H3. The summed E-state index contributed by atoms with van der Waals surface area (Å²) < 4.78 is 1.30. The molecule has 0 spiro atoms. The minimum atomic E-state index is 1.16. The number of hydrogen-bond acceptors (Lipinski definition) is 0. The molecular weight excluding hydrogens is 259 g/mol. The van der Waals surface area contributed by atoms with E-state index in [9.17, 15) is 0 Å². The average Bonchev–Trinajstić information content (AvgIpc) is 2.04. The summed E-state index contributed by atoms with van der Waals surface area (Å²) in [6.45, 7) is 5.97. The lowest BCUT2D eigenvalue weighted by molar-refractivity contribution is 0.920. The fourth-order valence-corrected chi connectivity index (χ4v) is 1.99. The molecule has 0 heterocycles. The molecule has 12 heavy (non-hydrogen) atoms. The van der Waals surface area contributed by atoms with Gasteiger partial charge >= 0.3 is 0 Å². The molecule has 1 aromatic carbocycles. The van der Waals surface area contributed by atoms with Crippen LogP contribution in [0.1, 0.15) is 24.5 Å². The van der Waals surface area contributed by atoms with E-state index in [1.165, 1.54) is 21.1 Å². The number of aryl methyl sites for hydroxylation is 1. The topological polar surface area (TPSA) is 0 Å². The van der Waals surface area contributed by atoms with Crippen LogP contribution in [0.2, 0.25) is 0 Å². The Morgan fingerprint density at radius 1 is 1.42 bits per heavy atom. The second-order valence-corrected chi connectivity index (χ2v) is 4.09. The first kappa shape index (κ1) is 9.78. The molecule has 0 radical (unpaired) electrons. The van der Waals surface area contributed by atoms with Crippen LogP contribution < -0.4 is 0 Å². The van der Waals surface area contributed by atoms with Gasteiger partial charge in [0.15, 0.2) is 0 Å². The normalized spacial score (nSPS) is 9.83. The van der Waals surface area contributed by atoms with Crippen molar-refractivity contribution in [1.82, 2.24) is 0 Å². The molecule has 0 saturated carbocycles.